The van der Waals surface area contributed by atoms with Crippen LogP contribution in [0.1, 0.15) is 6.92 Å². The molecule has 16 heavy (non-hydrogen) atoms. The average molecular weight is 260 g/mol. The molecule has 0 spiro atoms. The van der Waals surface area contributed by atoms with Gasteiger partial charge in [-0.2, -0.15) is 0 Å². The predicted octanol–water partition coefficient (Wildman–Crippen LogP) is 2.33. The highest BCUT2D eigenvalue weighted by Gasteiger charge is 1.80. The molecular formula is C10H16N2O2S2. The highest BCUT2D eigenvalue weighted by Crippen LogP contribution is 1.79. The Balaban J connectivity index is 0. The number of hydrogen-bond acceptors (Lipinski definition) is 2. The van der Waals surface area contributed by atoms with Gasteiger partial charge in [0.1, 0.15) is 0 Å². The normalized spacial score (nSPS) is 7.44. The van der Waals surface area contributed by atoms with Gasteiger partial charge in [0.05, 0.1) is 0 Å². The monoisotopic (exact) mass is 260 g/mol. The smallest absolute Gasteiger partial charge is 0.275 e. The van der Waals surface area contributed by atoms with Gasteiger partial charge in [0, 0.05) is 6.54 Å². The quantitative estimate of drug-likeness (QED) is 0.585. The Kier molecular flexibility index (Phi) is 15.0. The fourth-order valence-electron chi connectivity index (χ4n) is 0.536. The van der Waals surface area contributed by atoms with Crippen molar-refractivity contribution in [2.45, 2.75) is 6.92 Å². The molecule has 0 unspecified atom stereocenters. The zero-order valence-corrected chi connectivity index (χ0v) is 10.7. The first-order valence-electron chi connectivity index (χ1n) is 4.45. The van der Waals surface area contributed by atoms with Crippen molar-refractivity contribution in [3.63, 3.8) is 0 Å². The predicted molar refractivity (Wildman–Crippen MR) is 73.1 cm³/mol. The van der Waals surface area contributed by atoms with E-state index in [0.29, 0.717) is 6.54 Å². The van der Waals surface area contributed by atoms with Crippen molar-refractivity contribution in [3.05, 3.63) is 36.4 Å². The summed E-state index contributed by atoms with van der Waals surface area (Å²) in [4.78, 5) is 18.9. The Morgan fingerprint density at radius 1 is 1.06 bits per heavy atom. The van der Waals surface area contributed by atoms with Crippen LogP contribution < -0.4 is 11.1 Å². The summed E-state index contributed by atoms with van der Waals surface area (Å²) in [6, 6.07) is 12.0. The molecule has 0 heterocycles. The molecule has 1 rings (SSSR count). The molecular weight excluding hydrogens is 244 g/mol. The number of thiol groups is 2. The number of carbonyl (C=O) groups excluding carboxylic acids is 2. The van der Waals surface area contributed by atoms with Crippen molar-refractivity contribution < 1.29 is 9.59 Å². The van der Waals surface area contributed by atoms with E-state index in [1.165, 1.54) is 0 Å². The van der Waals surface area contributed by atoms with Gasteiger partial charge in [0.2, 0.25) is 0 Å². The van der Waals surface area contributed by atoms with E-state index in [9.17, 15) is 4.79 Å². The number of amides is 2. The Hall–Kier alpha value is -1.14. The average Bonchev–Trinajstić information content (AvgIpc) is 2.20. The van der Waals surface area contributed by atoms with Crippen LogP contribution in [0.2, 0.25) is 0 Å². The summed E-state index contributed by atoms with van der Waals surface area (Å²) in [5, 5.41) is 1.53. The minimum Gasteiger partial charge on any atom is -0.361 e. The Morgan fingerprint density at radius 3 is 1.38 bits per heavy atom. The lowest BCUT2D eigenvalue weighted by Crippen LogP contribution is -2.14. The third-order valence-corrected chi connectivity index (χ3v) is 1.15. The SMILES string of the molecule is CCNC(=O)S.NC(=O)S.c1ccccc1. The van der Waals surface area contributed by atoms with E-state index >= 15 is 0 Å². The lowest BCUT2D eigenvalue weighted by atomic mass is 10.4. The standard InChI is InChI=1S/C6H6.C3H7NOS.CH3NOS/c1-2-4-6-5-3-1;1-2-4-3(5)6;2-1(3)4/h1-6H;2H2,1H3,(H2,4,5,6);(H3,2,3,4). The molecule has 90 valence electrons. The molecule has 3 N–H and O–H groups in total. The molecule has 0 radical (unpaired) electrons. The molecule has 0 bridgehead atoms. The molecule has 0 aromatic heterocycles. The second-order valence-corrected chi connectivity index (χ2v) is 3.18. The molecule has 0 aliphatic rings. The summed E-state index contributed by atoms with van der Waals surface area (Å²) in [7, 11) is 0. The summed E-state index contributed by atoms with van der Waals surface area (Å²) in [5.41, 5.74) is 4.34. The first-order chi connectivity index (χ1) is 7.50. The summed E-state index contributed by atoms with van der Waals surface area (Å²) >= 11 is 6.53. The van der Waals surface area contributed by atoms with Crippen molar-refractivity contribution in [1.29, 1.82) is 0 Å². The first kappa shape index (κ1) is 17.3. The second-order valence-electron chi connectivity index (χ2n) is 2.33. The van der Waals surface area contributed by atoms with Crippen molar-refractivity contribution >= 4 is 35.7 Å². The highest BCUT2D eigenvalue weighted by molar-refractivity contribution is 7.96. The lowest BCUT2D eigenvalue weighted by Gasteiger charge is -1.87. The zero-order valence-electron chi connectivity index (χ0n) is 8.96. The molecule has 1 aromatic carbocycles. The third-order valence-electron chi connectivity index (χ3n) is 0.995. The largest absolute Gasteiger partial charge is 0.361 e. The molecule has 0 aliphatic heterocycles. The van der Waals surface area contributed by atoms with Gasteiger partial charge in [-0.25, -0.2) is 0 Å². The van der Waals surface area contributed by atoms with Gasteiger partial charge >= 0.3 is 0 Å². The van der Waals surface area contributed by atoms with E-state index < -0.39 is 5.24 Å². The number of benzene rings is 1. The Bertz CT molecular complexity index is 251. The van der Waals surface area contributed by atoms with Crippen LogP contribution in [-0.4, -0.2) is 17.0 Å². The van der Waals surface area contributed by atoms with E-state index in [2.05, 4.69) is 36.3 Å². The summed E-state index contributed by atoms with van der Waals surface area (Å²) in [6.45, 7) is 2.50. The van der Waals surface area contributed by atoms with Crippen LogP contribution in [0.4, 0.5) is 9.59 Å². The molecule has 6 heteroatoms. The van der Waals surface area contributed by atoms with Gasteiger partial charge in [-0.3, -0.25) is 9.59 Å². The minimum absolute atomic E-state index is 0.266. The van der Waals surface area contributed by atoms with E-state index in [0.717, 1.165) is 0 Å². The molecule has 0 atom stereocenters. The van der Waals surface area contributed by atoms with E-state index in [1.807, 2.05) is 43.3 Å². The maximum Gasteiger partial charge on any atom is 0.275 e. The van der Waals surface area contributed by atoms with E-state index in [4.69, 9.17) is 4.79 Å². The number of hydrogen-bond donors (Lipinski definition) is 4. The van der Waals surface area contributed by atoms with Crippen LogP contribution in [0.15, 0.2) is 36.4 Å². The molecule has 1 aromatic rings. The van der Waals surface area contributed by atoms with Crippen molar-refractivity contribution in [1.82, 2.24) is 5.32 Å². The summed E-state index contributed by atoms with van der Waals surface area (Å²) in [5.74, 6) is 0. The van der Waals surface area contributed by atoms with Crippen LogP contribution in [0, 0.1) is 0 Å². The fourth-order valence-corrected chi connectivity index (χ4v) is 0.694. The van der Waals surface area contributed by atoms with Gasteiger partial charge in [-0.1, -0.05) is 61.7 Å². The van der Waals surface area contributed by atoms with Gasteiger partial charge < -0.3 is 11.1 Å². The minimum atomic E-state index is -0.639. The molecule has 0 fully saturated rings. The van der Waals surface area contributed by atoms with Gasteiger partial charge in [-0.15, -0.1) is 0 Å². The van der Waals surface area contributed by atoms with Gasteiger partial charge in [-0.05, 0) is 6.92 Å². The maximum atomic E-state index is 9.80. The number of rotatable bonds is 1. The number of carbonyl (C=O) groups is 2. The lowest BCUT2D eigenvalue weighted by molar-refractivity contribution is 0.261. The first-order valence-corrected chi connectivity index (χ1v) is 5.35. The van der Waals surface area contributed by atoms with E-state index in [-0.39, 0.29) is 5.24 Å². The van der Waals surface area contributed by atoms with Gasteiger partial charge in [0.15, 0.2) is 0 Å². The molecule has 0 saturated carbocycles. The number of nitrogens with one attached hydrogen (secondary N) is 1. The molecule has 0 aliphatic carbocycles. The van der Waals surface area contributed by atoms with Crippen LogP contribution in [-0.2, 0) is 0 Å². The number of primary amides is 1. The topological polar surface area (TPSA) is 72.2 Å². The number of nitrogens with two attached hydrogens (primary N) is 1. The van der Waals surface area contributed by atoms with Crippen LogP contribution in [0.3, 0.4) is 0 Å². The fraction of sp³-hybridized carbons (Fsp3) is 0.200. The van der Waals surface area contributed by atoms with E-state index in [1.54, 1.807) is 0 Å². The van der Waals surface area contributed by atoms with Gasteiger partial charge in [0.25, 0.3) is 10.5 Å². The molecule has 2 amide bonds. The summed E-state index contributed by atoms with van der Waals surface area (Å²) < 4.78 is 0. The van der Waals surface area contributed by atoms with Crippen molar-refractivity contribution in [2.24, 2.45) is 5.73 Å². The van der Waals surface area contributed by atoms with Crippen molar-refractivity contribution in [3.8, 4) is 0 Å². The maximum absolute atomic E-state index is 9.80. The molecule has 0 saturated heterocycles. The van der Waals surface area contributed by atoms with Crippen LogP contribution in [0.25, 0.3) is 0 Å². The van der Waals surface area contributed by atoms with Crippen LogP contribution in [0.5, 0.6) is 0 Å². The Labute approximate surface area is 106 Å². The third kappa shape index (κ3) is 29.3. The van der Waals surface area contributed by atoms with Crippen LogP contribution >= 0.6 is 25.3 Å². The van der Waals surface area contributed by atoms with Crippen molar-refractivity contribution in [2.75, 3.05) is 6.54 Å². The highest BCUT2D eigenvalue weighted by atomic mass is 32.1. The second kappa shape index (κ2) is 13.9. The summed E-state index contributed by atoms with van der Waals surface area (Å²) in [6.07, 6.45) is 0. The Morgan fingerprint density at radius 2 is 1.31 bits per heavy atom. The zero-order chi connectivity index (χ0) is 12.8. The molecule has 4 nitrogen and oxygen atoms in total.